The SMILES string of the molecule is CN(C)S(=O)(=O)c1scc(NC(=S)Nc2cccc(Cl)c2Cl)c1O. The lowest BCUT2D eigenvalue weighted by molar-refractivity contribution is 0.460. The third-order valence-electron chi connectivity index (χ3n) is 2.90. The summed E-state index contributed by atoms with van der Waals surface area (Å²) >= 11 is 18.0. The summed E-state index contributed by atoms with van der Waals surface area (Å²) < 4.78 is 25.0. The highest BCUT2D eigenvalue weighted by atomic mass is 35.5. The molecule has 0 saturated heterocycles. The molecule has 0 bridgehead atoms. The smallest absolute Gasteiger partial charge is 0.255 e. The Hall–Kier alpha value is -1.10. The maximum atomic E-state index is 12.1. The molecule has 3 N–H and O–H groups in total. The van der Waals surface area contributed by atoms with Crippen LogP contribution in [0.2, 0.25) is 10.0 Å². The Morgan fingerprint density at radius 1 is 1.25 bits per heavy atom. The highest BCUT2D eigenvalue weighted by molar-refractivity contribution is 7.91. The van der Waals surface area contributed by atoms with E-state index in [4.69, 9.17) is 35.4 Å². The van der Waals surface area contributed by atoms with E-state index in [1.165, 1.54) is 19.5 Å². The van der Waals surface area contributed by atoms with Crippen molar-refractivity contribution in [1.82, 2.24) is 4.31 Å². The number of hydrogen-bond acceptors (Lipinski definition) is 5. The Kier molecular flexibility index (Phi) is 5.95. The minimum absolute atomic E-state index is 0.126. The summed E-state index contributed by atoms with van der Waals surface area (Å²) in [6, 6.07) is 5.01. The van der Waals surface area contributed by atoms with Crippen LogP contribution in [-0.2, 0) is 10.0 Å². The van der Waals surface area contributed by atoms with Gasteiger partial charge in [-0.25, -0.2) is 12.7 Å². The van der Waals surface area contributed by atoms with E-state index in [1.54, 1.807) is 18.2 Å². The topological polar surface area (TPSA) is 81.7 Å². The molecule has 130 valence electrons. The van der Waals surface area contributed by atoms with Crippen LogP contribution in [0.5, 0.6) is 5.75 Å². The van der Waals surface area contributed by atoms with Gasteiger partial charge in [0.15, 0.2) is 15.1 Å². The zero-order valence-electron chi connectivity index (χ0n) is 12.5. The van der Waals surface area contributed by atoms with E-state index in [2.05, 4.69) is 10.6 Å². The molecule has 24 heavy (non-hydrogen) atoms. The van der Waals surface area contributed by atoms with Crippen molar-refractivity contribution >= 4 is 73.3 Å². The van der Waals surface area contributed by atoms with E-state index < -0.39 is 15.8 Å². The van der Waals surface area contributed by atoms with Gasteiger partial charge >= 0.3 is 0 Å². The second-order valence-corrected chi connectivity index (χ2v) is 9.17. The zero-order chi connectivity index (χ0) is 18.1. The lowest BCUT2D eigenvalue weighted by Gasteiger charge is -2.12. The van der Waals surface area contributed by atoms with Crippen molar-refractivity contribution in [2.75, 3.05) is 24.7 Å². The molecule has 1 heterocycles. The van der Waals surface area contributed by atoms with Gasteiger partial charge in [-0.05, 0) is 24.4 Å². The minimum Gasteiger partial charge on any atom is -0.504 e. The number of nitrogens with zero attached hydrogens (tertiary/aromatic N) is 1. The Morgan fingerprint density at radius 2 is 1.88 bits per heavy atom. The largest absolute Gasteiger partial charge is 0.504 e. The Bertz CT molecular complexity index is 882. The van der Waals surface area contributed by atoms with Crippen molar-refractivity contribution in [3.8, 4) is 5.75 Å². The number of rotatable bonds is 4. The van der Waals surface area contributed by atoms with Gasteiger partial charge in [0.1, 0.15) is 0 Å². The number of thiophene rings is 1. The summed E-state index contributed by atoms with van der Waals surface area (Å²) in [7, 11) is -0.966. The number of thiocarbonyl (C=S) groups is 1. The standard InChI is InChI=1S/C13H13Cl2N3O3S3/c1-18(2)24(20,21)12-11(19)9(6-23-12)17-13(22)16-8-5-3-4-7(14)10(8)15/h3-6,19H,1-2H3,(H2,16,17,22). The van der Waals surface area contributed by atoms with Crippen LogP contribution < -0.4 is 10.6 Å². The first kappa shape index (κ1) is 19.2. The van der Waals surface area contributed by atoms with Gasteiger partial charge in [0.25, 0.3) is 10.0 Å². The molecular formula is C13H13Cl2N3O3S3. The summed E-state index contributed by atoms with van der Waals surface area (Å²) in [4.78, 5) is 0. The molecule has 2 rings (SSSR count). The first-order valence-electron chi connectivity index (χ1n) is 6.39. The van der Waals surface area contributed by atoms with Gasteiger partial charge in [0.2, 0.25) is 0 Å². The third kappa shape index (κ3) is 3.93. The highest BCUT2D eigenvalue weighted by Gasteiger charge is 2.26. The molecule has 0 aliphatic heterocycles. The number of nitrogens with one attached hydrogen (secondary N) is 2. The van der Waals surface area contributed by atoms with Crippen LogP contribution in [0.4, 0.5) is 11.4 Å². The van der Waals surface area contributed by atoms with Crippen LogP contribution in [0, 0.1) is 0 Å². The Labute approximate surface area is 159 Å². The second kappa shape index (κ2) is 7.42. The predicted octanol–water partition coefficient (Wildman–Crippen LogP) is 3.82. The van der Waals surface area contributed by atoms with Gasteiger partial charge in [0.05, 0.1) is 21.4 Å². The molecule has 0 saturated carbocycles. The maximum Gasteiger partial charge on any atom is 0.255 e. The van der Waals surface area contributed by atoms with Crippen LogP contribution in [0.25, 0.3) is 0 Å². The van der Waals surface area contributed by atoms with Crippen LogP contribution in [0.15, 0.2) is 27.8 Å². The molecule has 6 nitrogen and oxygen atoms in total. The summed E-state index contributed by atoms with van der Waals surface area (Å²) in [5.41, 5.74) is 0.661. The van der Waals surface area contributed by atoms with Gasteiger partial charge in [0, 0.05) is 19.5 Å². The van der Waals surface area contributed by atoms with Crippen LogP contribution in [0.1, 0.15) is 0 Å². The van der Waals surface area contributed by atoms with Crippen molar-refractivity contribution in [1.29, 1.82) is 0 Å². The lowest BCUT2D eigenvalue weighted by atomic mass is 10.3. The van der Waals surface area contributed by atoms with Crippen LogP contribution in [0.3, 0.4) is 0 Å². The van der Waals surface area contributed by atoms with Gasteiger partial charge in [-0.1, -0.05) is 29.3 Å². The molecule has 0 radical (unpaired) electrons. The van der Waals surface area contributed by atoms with Crippen molar-refractivity contribution in [2.45, 2.75) is 4.21 Å². The number of aromatic hydroxyl groups is 1. The van der Waals surface area contributed by atoms with Crippen LogP contribution >= 0.6 is 46.8 Å². The van der Waals surface area contributed by atoms with Crippen molar-refractivity contribution in [3.05, 3.63) is 33.6 Å². The fourth-order valence-electron chi connectivity index (χ4n) is 1.65. The normalized spacial score (nSPS) is 11.5. The predicted molar refractivity (Wildman–Crippen MR) is 103 cm³/mol. The number of anilines is 2. The number of halogens is 2. The van der Waals surface area contributed by atoms with Crippen molar-refractivity contribution in [2.24, 2.45) is 0 Å². The molecule has 0 spiro atoms. The van der Waals surface area contributed by atoms with E-state index in [0.717, 1.165) is 15.6 Å². The Balaban J connectivity index is 2.19. The lowest BCUT2D eigenvalue weighted by Crippen LogP contribution is -2.21. The third-order valence-corrected chi connectivity index (χ3v) is 7.22. The molecule has 11 heteroatoms. The van der Waals surface area contributed by atoms with Gasteiger partial charge in [-0.3, -0.25) is 0 Å². The van der Waals surface area contributed by atoms with Gasteiger partial charge in [-0.15, -0.1) is 11.3 Å². The summed E-state index contributed by atoms with van der Waals surface area (Å²) in [5, 5.41) is 17.9. The molecule has 1 aromatic carbocycles. The molecule has 1 aromatic heterocycles. The molecule has 0 atom stereocenters. The van der Waals surface area contributed by atoms with Crippen LogP contribution in [-0.4, -0.2) is 37.0 Å². The number of hydrogen-bond donors (Lipinski definition) is 3. The quantitative estimate of drug-likeness (QED) is 0.645. The summed E-state index contributed by atoms with van der Waals surface area (Å²) in [5.74, 6) is -0.393. The second-order valence-electron chi connectivity index (χ2n) is 4.75. The first-order chi connectivity index (χ1) is 11.1. The van der Waals surface area contributed by atoms with E-state index in [0.29, 0.717) is 15.7 Å². The van der Waals surface area contributed by atoms with E-state index in [1.807, 2.05) is 0 Å². The monoisotopic (exact) mass is 425 g/mol. The fourth-order valence-corrected chi connectivity index (χ4v) is 4.60. The Morgan fingerprint density at radius 3 is 2.50 bits per heavy atom. The first-order valence-corrected chi connectivity index (χ1v) is 9.88. The molecular weight excluding hydrogens is 413 g/mol. The fraction of sp³-hybridized carbons (Fsp3) is 0.154. The molecule has 2 aromatic rings. The molecule has 0 aliphatic rings. The van der Waals surface area contributed by atoms with Crippen molar-refractivity contribution < 1.29 is 13.5 Å². The zero-order valence-corrected chi connectivity index (χ0v) is 16.5. The highest BCUT2D eigenvalue weighted by Crippen LogP contribution is 2.38. The van der Waals surface area contributed by atoms with Crippen molar-refractivity contribution in [3.63, 3.8) is 0 Å². The van der Waals surface area contributed by atoms with Gasteiger partial charge in [-0.2, -0.15) is 0 Å². The molecule has 0 fully saturated rings. The number of benzene rings is 1. The van der Waals surface area contributed by atoms with Gasteiger partial charge < -0.3 is 15.7 Å². The summed E-state index contributed by atoms with van der Waals surface area (Å²) in [6.45, 7) is 0. The molecule has 0 unspecified atom stereocenters. The van der Waals surface area contributed by atoms with E-state index in [-0.39, 0.29) is 15.0 Å². The minimum atomic E-state index is -3.73. The van der Waals surface area contributed by atoms with E-state index in [9.17, 15) is 13.5 Å². The molecule has 0 amide bonds. The maximum absolute atomic E-state index is 12.1. The summed E-state index contributed by atoms with van der Waals surface area (Å²) in [6.07, 6.45) is 0. The molecule has 0 aliphatic carbocycles. The average Bonchev–Trinajstić information content (AvgIpc) is 2.85. The number of sulfonamides is 1. The van der Waals surface area contributed by atoms with E-state index >= 15 is 0 Å². The average molecular weight is 426 g/mol.